The van der Waals surface area contributed by atoms with E-state index in [0.717, 1.165) is 5.56 Å². The first-order valence-corrected chi connectivity index (χ1v) is 7.16. The van der Waals surface area contributed by atoms with Crippen LogP contribution in [0.2, 0.25) is 0 Å². The smallest absolute Gasteiger partial charge is 0.236 e. The second-order valence-corrected chi connectivity index (χ2v) is 5.47. The van der Waals surface area contributed by atoms with Crippen LogP contribution in [0, 0.1) is 0 Å². The lowest BCUT2D eigenvalue weighted by Crippen LogP contribution is -2.52. The molecular formula is C14H24N4O3. The number of ether oxygens (including phenoxy) is 2. The van der Waals surface area contributed by atoms with Crippen molar-refractivity contribution in [2.24, 2.45) is 7.05 Å². The van der Waals surface area contributed by atoms with Gasteiger partial charge in [-0.1, -0.05) is 0 Å². The molecule has 0 aliphatic carbocycles. The minimum Gasteiger partial charge on any atom is -0.383 e. The number of hydrogen-bond donors (Lipinski definition) is 1. The summed E-state index contributed by atoms with van der Waals surface area (Å²) in [6.45, 7) is 5.31. The molecule has 1 fully saturated rings. The number of nitrogens with zero attached hydrogens (tertiary/aromatic N) is 3. The van der Waals surface area contributed by atoms with E-state index in [1.807, 2.05) is 25.1 Å². The summed E-state index contributed by atoms with van der Waals surface area (Å²) in [5, 5.41) is 7.27. The van der Waals surface area contributed by atoms with Crippen molar-refractivity contribution >= 4 is 5.91 Å². The topological polar surface area (TPSA) is 68.6 Å². The molecule has 1 unspecified atom stereocenters. The van der Waals surface area contributed by atoms with Crippen molar-refractivity contribution < 1.29 is 14.3 Å². The van der Waals surface area contributed by atoms with E-state index in [1.54, 1.807) is 18.0 Å². The Hall–Kier alpha value is -1.44. The molecule has 2 rings (SSSR count). The molecule has 1 N–H and O–H groups in total. The molecule has 7 heteroatoms. The van der Waals surface area contributed by atoms with Gasteiger partial charge in [0.2, 0.25) is 5.91 Å². The zero-order valence-corrected chi connectivity index (χ0v) is 13.0. The highest BCUT2D eigenvalue weighted by atomic mass is 16.5. The normalized spacial score (nSPS) is 22.5. The Morgan fingerprint density at radius 1 is 1.62 bits per heavy atom. The molecule has 1 aliphatic rings. The molecule has 21 heavy (non-hydrogen) atoms. The van der Waals surface area contributed by atoms with Crippen molar-refractivity contribution in [3.63, 3.8) is 0 Å². The number of aryl methyl sites for hydroxylation is 1. The largest absolute Gasteiger partial charge is 0.383 e. The van der Waals surface area contributed by atoms with Gasteiger partial charge in [0.1, 0.15) is 5.60 Å². The Bertz CT molecular complexity index is 477. The lowest BCUT2D eigenvalue weighted by atomic mass is 9.97. The third kappa shape index (κ3) is 4.03. The lowest BCUT2D eigenvalue weighted by molar-refractivity contribution is -0.148. The number of carbonyl (C=O) groups is 1. The molecule has 2 heterocycles. The van der Waals surface area contributed by atoms with Gasteiger partial charge in [0.15, 0.2) is 0 Å². The average Bonchev–Trinajstić information content (AvgIpc) is 2.91. The van der Waals surface area contributed by atoms with Crippen molar-refractivity contribution in [2.75, 3.05) is 46.5 Å². The van der Waals surface area contributed by atoms with Crippen LogP contribution in [0.4, 0.5) is 0 Å². The fourth-order valence-electron chi connectivity index (χ4n) is 2.43. The van der Waals surface area contributed by atoms with Crippen molar-refractivity contribution in [3.05, 3.63) is 18.0 Å². The van der Waals surface area contributed by atoms with E-state index >= 15 is 0 Å². The summed E-state index contributed by atoms with van der Waals surface area (Å²) in [5.74, 6) is 0.0875. The van der Waals surface area contributed by atoms with Gasteiger partial charge in [0, 0.05) is 39.0 Å². The van der Waals surface area contributed by atoms with Crippen molar-refractivity contribution in [1.82, 2.24) is 20.0 Å². The Balaban J connectivity index is 1.92. The predicted octanol–water partition coefficient (Wildman–Crippen LogP) is -0.270. The Morgan fingerprint density at radius 2 is 2.43 bits per heavy atom. The van der Waals surface area contributed by atoms with E-state index in [0.29, 0.717) is 39.4 Å². The molecule has 0 saturated carbocycles. The van der Waals surface area contributed by atoms with Crippen LogP contribution in [0.3, 0.4) is 0 Å². The van der Waals surface area contributed by atoms with Crippen molar-refractivity contribution in [2.45, 2.75) is 12.5 Å². The summed E-state index contributed by atoms with van der Waals surface area (Å²) >= 11 is 0. The number of aromatic nitrogens is 2. The number of hydrogen-bond acceptors (Lipinski definition) is 5. The van der Waals surface area contributed by atoms with Crippen molar-refractivity contribution in [3.8, 4) is 0 Å². The highest BCUT2D eigenvalue weighted by Gasteiger charge is 2.36. The van der Waals surface area contributed by atoms with Crippen LogP contribution in [0.1, 0.15) is 12.5 Å². The third-order valence-electron chi connectivity index (χ3n) is 3.70. The molecule has 0 spiro atoms. The van der Waals surface area contributed by atoms with Crippen LogP contribution >= 0.6 is 0 Å². The average molecular weight is 296 g/mol. The summed E-state index contributed by atoms with van der Waals surface area (Å²) in [7, 11) is 3.52. The van der Waals surface area contributed by atoms with Gasteiger partial charge < -0.3 is 19.7 Å². The molecule has 1 aromatic rings. The van der Waals surface area contributed by atoms with E-state index in [4.69, 9.17) is 9.47 Å². The SMILES string of the molecule is COCCNCC(=O)N1CCOC(C)(c2cnn(C)c2)C1. The number of rotatable bonds is 6. The Kier molecular flexibility index (Phi) is 5.33. The number of amides is 1. The highest BCUT2D eigenvalue weighted by Crippen LogP contribution is 2.28. The minimum absolute atomic E-state index is 0.0875. The first-order valence-electron chi connectivity index (χ1n) is 7.16. The monoisotopic (exact) mass is 296 g/mol. The zero-order valence-electron chi connectivity index (χ0n) is 13.0. The molecule has 118 valence electrons. The van der Waals surface area contributed by atoms with Crippen LogP contribution in [-0.2, 0) is 26.9 Å². The van der Waals surface area contributed by atoms with E-state index in [9.17, 15) is 4.79 Å². The molecule has 1 aromatic heterocycles. The number of morpholine rings is 1. The van der Waals surface area contributed by atoms with Crippen LogP contribution in [0.25, 0.3) is 0 Å². The maximum atomic E-state index is 12.2. The van der Waals surface area contributed by atoms with Gasteiger partial charge in [-0.2, -0.15) is 5.10 Å². The van der Waals surface area contributed by atoms with Gasteiger partial charge in [-0.3, -0.25) is 9.48 Å². The van der Waals surface area contributed by atoms with Gasteiger partial charge >= 0.3 is 0 Å². The first kappa shape index (κ1) is 15.9. The van der Waals surface area contributed by atoms with Crippen molar-refractivity contribution in [1.29, 1.82) is 0 Å². The summed E-state index contributed by atoms with van der Waals surface area (Å²) in [6.07, 6.45) is 3.73. The summed E-state index contributed by atoms with van der Waals surface area (Å²) in [4.78, 5) is 14.1. The molecule has 7 nitrogen and oxygen atoms in total. The number of methoxy groups -OCH3 is 1. The standard InChI is InChI=1S/C14H24N4O3/c1-14(12-8-16-17(2)10-12)11-18(5-7-21-14)13(19)9-15-4-6-20-3/h8,10,15H,4-7,9,11H2,1-3H3. The summed E-state index contributed by atoms with van der Waals surface area (Å²) in [5.41, 5.74) is 0.504. The second-order valence-electron chi connectivity index (χ2n) is 5.47. The van der Waals surface area contributed by atoms with Gasteiger partial charge in [-0.05, 0) is 6.92 Å². The van der Waals surface area contributed by atoms with Gasteiger partial charge in [-0.15, -0.1) is 0 Å². The second kappa shape index (κ2) is 7.02. The Morgan fingerprint density at radius 3 is 3.10 bits per heavy atom. The molecule has 1 amide bonds. The molecule has 1 aliphatic heterocycles. The first-order chi connectivity index (χ1) is 10.0. The lowest BCUT2D eigenvalue weighted by Gasteiger charge is -2.40. The van der Waals surface area contributed by atoms with E-state index in [1.165, 1.54) is 0 Å². The fraction of sp³-hybridized carbons (Fsp3) is 0.714. The molecule has 0 aromatic carbocycles. The van der Waals surface area contributed by atoms with Gasteiger partial charge in [0.05, 0.1) is 32.5 Å². The minimum atomic E-state index is -0.491. The molecular weight excluding hydrogens is 272 g/mol. The summed E-state index contributed by atoms with van der Waals surface area (Å²) < 4.78 is 12.6. The van der Waals surface area contributed by atoms with E-state index in [-0.39, 0.29) is 5.91 Å². The van der Waals surface area contributed by atoms with Crippen LogP contribution in [0.15, 0.2) is 12.4 Å². The maximum absolute atomic E-state index is 12.2. The van der Waals surface area contributed by atoms with Crippen LogP contribution in [0.5, 0.6) is 0 Å². The Labute approximate surface area is 125 Å². The van der Waals surface area contributed by atoms with Crippen LogP contribution < -0.4 is 5.32 Å². The predicted molar refractivity (Wildman–Crippen MR) is 77.8 cm³/mol. The summed E-state index contributed by atoms with van der Waals surface area (Å²) in [6, 6.07) is 0. The fourth-order valence-corrected chi connectivity index (χ4v) is 2.43. The molecule has 0 bridgehead atoms. The van der Waals surface area contributed by atoms with E-state index < -0.39 is 5.60 Å². The number of nitrogens with one attached hydrogen (secondary N) is 1. The third-order valence-corrected chi connectivity index (χ3v) is 3.70. The maximum Gasteiger partial charge on any atom is 0.236 e. The highest BCUT2D eigenvalue weighted by molar-refractivity contribution is 5.78. The molecule has 1 atom stereocenters. The quantitative estimate of drug-likeness (QED) is 0.732. The zero-order chi connectivity index (χ0) is 15.3. The van der Waals surface area contributed by atoms with E-state index in [2.05, 4.69) is 10.4 Å². The molecule has 0 radical (unpaired) electrons. The molecule has 1 saturated heterocycles. The van der Waals surface area contributed by atoms with Gasteiger partial charge in [0.25, 0.3) is 0 Å². The number of carbonyl (C=O) groups excluding carboxylic acids is 1. The van der Waals surface area contributed by atoms with Crippen LogP contribution in [-0.4, -0.2) is 67.1 Å². The van der Waals surface area contributed by atoms with Gasteiger partial charge in [-0.25, -0.2) is 0 Å².